The molecule has 0 amide bonds. The van der Waals surface area contributed by atoms with E-state index in [2.05, 4.69) is 15.5 Å². The Morgan fingerprint density at radius 2 is 2.08 bits per heavy atom. The summed E-state index contributed by atoms with van der Waals surface area (Å²) in [5.74, 6) is 1.57. The largest absolute Gasteiger partial charge is 0.461 e. The molecule has 3 aromatic rings. The number of nitrogens with zero attached hydrogens (tertiary/aromatic N) is 2. The molecule has 1 fully saturated rings. The van der Waals surface area contributed by atoms with Crippen molar-refractivity contribution in [3.8, 4) is 11.6 Å². The molecule has 1 aromatic carbocycles. The van der Waals surface area contributed by atoms with E-state index in [-0.39, 0.29) is 5.54 Å². The summed E-state index contributed by atoms with van der Waals surface area (Å²) < 4.78 is 16.2. The lowest BCUT2D eigenvalue weighted by Gasteiger charge is -2.28. The Kier molecular flexibility index (Phi) is 4.57. The topological polar surface area (TPSA) is 73.3 Å². The first kappa shape index (κ1) is 16.3. The fourth-order valence-electron chi connectivity index (χ4n) is 3.04. The third-order valence-corrected chi connectivity index (χ3v) is 4.64. The molecule has 25 heavy (non-hydrogen) atoms. The number of hydrogen-bond donors (Lipinski definition) is 1. The summed E-state index contributed by atoms with van der Waals surface area (Å²) in [5, 5.41) is 8.24. The lowest BCUT2D eigenvalue weighted by molar-refractivity contribution is 0.163. The van der Waals surface area contributed by atoms with E-state index < -0.39 is 0 Å². The summed E-state index contributed by atoms with van der Waals surface area (Å²) in [7, 11) is 0. The predicted molar refractivity (Wildman–Crippen MR) is 92.2 cm³/mol. The Balaban J connectivity index is 1.44. The van der Waals surface area contributed by atoms with Gasteiger partial charge in [0.25, 0.3) is 0 Å². The van der Waals surface area contributed by atoms with Crippen molar-refractivity contribution in [1.82, 2.24) is 15.5 Å². The summed E-state index contributed by atoms with van der Waals surface area (Å²) in [6.45, 7) is 1.86. The summed E-state index contributed by atoms with van der Waals surface area (Å²) >= 11 is 5.97. The Labute approximate surface area is 150 Å². The quantitative estimate of drug-likeness (QED) is 0.726. The van der Waals surface area contributed by atoms with Gasteiger partial charge in [-0.3, -0.25) is 0 Å². The zero-order valence-corrected chi connectivity index (χ0v) is 14.3. The molecule has 130 valence electrons. The first-order valence-electron chi connectivity index (χ1n) is 8.16. The van der Waals surface area contributed by atoms with E-state index in [0.717, 1.165) is 24.5 Å². The minimum atomic E-state index is -0.146. The molecule has 0 bridgehead atoms. The third-order valence-electron chi connectivity index (χ3n) is 4.38. The van der Waals surface area contributed by atoms with E-state index in [4.69, 9.17) is 25.3 Å². The van der Waals surface area contributed by atoms with E-state index in [1.165, 1.54) is 5.56 Å². The van der Waals surface area contributed by atoms with Gasteiger partial charge in [-0.25, -0.2) is 0 Å². The number of benzene rings is 1. The molecular formula is C18H18ClN3O3. The number of hydrogen-bond acceptors (Lipinski definition) is 6. The first-order valence-corrected chi connectivity index (χ1v) is 8.54. The maximum absolute atomic E-state index is 5.97. The summed E-state index contributed by atoms with van der Waals surface area (Å²) in [5.41, 5.74) is 1.07. The van der Waals surface area contributed by atoms with Crippen LogP contribution < -0.4 is 5.32 Å². The van der Waals surface area contributed by atoms with Gasteiger partial charge in [-0.05, 0) is 42.7 Å². The van der Waals surface area contributed by atoms with E-state index in [9.17, 15) is 0 Å². The van der Waals surface area contributed by atoms with Gasteiger partial charge < -0.3 is 19.0 Å². The number of rotatable bonds is 6. The van der Waals surface area contributed by atoms with Gasteiger partial charge in [-0.1, -0.05) is 28.9 Å². The maximum atomic E-state index is 5.97. The van der Waals surface area contributed by atoms with E-state index in [1.807, 2.05) is 24.3 Å². The highest BCUT2D eigenvalue weighted by Crippen LogP contribution is 2.25. The van der Waals surface area contributed by atoms with Crippen molar-refractivity contribution in [2.24, 2.45) is 0 Å². The van der Waals surface area contributed by atoms with Crippen LogP contribution in [-0.4, -0.2) is 28.9 Å². The monoisotopic (exact) mass is 359 g/mol. The van der Waals surface area contributed by atoms with Gasteiger partial charge in [0.2, 0.25) is 11.7 Å². The molecular weight excluding hydrogens is 342 g/mol. The molecule has 0 radical (unpaired) electrons. The van der Waals surface area contributed by atoms with Crippen LogP contribution in [0.25, 0.3) is 11.6 Å². The van der Waals surface area contributed by atoms with Gasteiger partial charge in [0.15, 0.2) is 5.76 Å². The standard InChI is InChI=1S/C18H18ClN3O3/c19-14-5-3-13(4-6-14)10-18(7-9-23-12-18)20-11-16-21-17(22-25-16)15-2-1-8-24-15/h1-6,8,20H,7,9-12H2. The van der Waals surface area contributed by atoms with Crippen molar-refractivity contribution in [1.29, 1.82) is 0 Å². The maximum Gasteiger partial charge on any atom is 0.241 e. The number of nitrogens with one attached hydrogen (secondary N) is 1. The van der Waals surface area contributed by atoms with Gasteiger partial charge in [-0.15, -0.1) is 0 Å². The first-order chi connectivity index (χ1) is 12.2. The molecule has 0 saturated carbocycles. The highest BCUT2D eigenvalue weighted by molar-refractivity contribution is 6.30. The molecule has 1 aliphatic heterocycles. The molecule has 1 saturated heterocycles. The molecule has 1 atom stereocenters. The van der Waals surface area contributed by atoms with Gasteiger partial charge in [0.1, 0.15) is 0 Å². The average molecular weight is 360 g/mol. The molecule has 7 heteroatoms. The molecule has 3 heterocycles. The molecule has 1 aliphatic rings. The Morgan fingerprint density at radius 3 is 2.80 bits per heavy atom. The smallest absolute Gasteiger partial charge is 0.241 e. The third kappa shape index (κ3) is 3.76. The molecule has 4 rings (SSSR count). The van der Waals surface area contributed by atoms with Crippen molar-refractivity contribution in [2.45, 2.75) is 24.9 Å². The van der Waals surface area contributed by atoms with Gasteiger partial charge in [0.05, 0.1) is 19.4 Å². The predicted octanol–water partition coefficient (Wildman–Crippen LogP) is 3.47. The Bertz CT molecular complexity index is 808. The second-order valence-electron chi connectivity index (χ2n) is 6.23. The van der Waals surface area contributed by atoms with Crippen LogP contribution in [0, 0.1) is 0 Å². The zero-order chi connectivity index (χ0) is 17.1. The average Bonchev–Trinajstić information content (AvgIpc) is 3.37. The van der Waals surface area contributed by atoms with Crippen molar-refractivity contribution in [2.75, 3.05) is 13.2 Å². The highest BCUT2D eigenvalue weighted by atomic mass is 35.5. The van der Waals surface area contributed by atoms with Gasteiger partial charge >= 0.3 is 0 Å². The SMILES string of the molecule is Clc1ccc(CC2(NCc3nc(-c4ccco4)no3)CCOC2)cc1. The summed E-state index contributed by atoms with van der Waals surface area (Å²) in [6.07, 6.45) is 3.36. The normalized spacial score (nSPS) is 20.2. The summed E-state index contributed by atoms with van der Waals surface area (Å²) in [4.78, 5) is 4.37. The van der Waals surface area contributed by atoms with E-state index in [0.29, 0.717) is 30.6 Å². The lowest BCUT2D eigenvalue weighted by atomic mass is 9.90. The number of furan rings is 1. The minimum absolute atomic E-state index is 0.146. The van der Waals surface area contributed by atoms with Crippen LogP contribution in [0.2, 0.25) is 5.02 Å². The second-order valence-corrected chi connectivity index (χ2v) is 6.67. The van der Waals surface area contributed by atoms with Crippen LogP contribution in [-0.2, 0) is 17.7 Å². The van der Waals surface area contributed by atoms with Crippen molar-refractivity contribution < 1.29 is 13.7 Å². The van der Waals surface area contributed by atoms with Crippen LogP contribution in [0.4, 0.5) is 0 Å². The van der Waals surface area contributed by atoms with Crippen molar-refractivity contribution >= 4 is 11.6 Å². The molecule has 1 N–H and O–H groups in total. The minimum Gasteiger partial charge on any atom is -0.461 e. The Morgan fingerprint density at radius 1 is 1.20 bits per heavy atom. The Hall–Kier alpha value is -2.15. The van der Waals surface area contributed by atoms with Crippen molar-refractivity contribution in [3.05, 3.63) is 59.1 Å². The van der Waals surface area contributed by atoms with Crippen LogP contribution in [0.15, 0.2) is 51.6 Å². The lowest BCUT2D eigenvalue weighted by Crippen LogP contribution is -2.47. The fourth-order valence-corrected chi connectivity index (χ4v) is 3.16. The molecule has 1 unspecified atom stereocenters. The van der Waals surface area contributed by atoms with Crippen LogP contribution in [0.3, 0.4) is 0 Å². The highest BCUT2D eigenvalue weighted by Gasteiger charge is 2.35. The van der Waals surface area contributed by atoms with Gasteiger partial charge in [-0.2, -0.15) is 4.98 Å². The molecule has 6 nitrogen and oxygen atoms in total. The number of ether oxygens (including phenoxy) is 1. The van der Waals surface area contributed by atoms with Gasteiger partial charge in [0, 0.05) is 17.2 Å². The van der Waals surface area contributed by atoms with Crippen LogP contribution >= 0.6 is 11.6 Å². The van der Waals surface area contributed by atoms with Crippen molar-refractivity contribution in [3.63, 3.8) is 0 Å². The van der Waals surface area contributed by atoms with E-state index in [1.54, 1.807) is 18.4 Å². The number of aromatic nitrogens is 2. The van der Waals surface area contributed by atoms with Crippen LogP contribution in [0.1, 0.15) is 17.9 Å². The van der Waals surface area contributed by atoms with Crippen LogP contribution in [0.5, 0.6) is 0 Å². The molecule has 0 aliphatic carbocycles. The zero-order valence-electron chi connectivity index (χ0n) is 13.6. The molecule has 0 spiro atoms. The molecule has 2 aromatic heterocycles. The number of halogens is 1. The second kappa shape index (κ2) is 7.00. The summed E-state index contributed by atoms with van der Waals surface area (Å²) in [6, 6.07) is 11.5. The fraction of sp³-hybridized carbons (Fsp3) is 0.333. The van der Waals surface area contributed by atoms with E-state index >= 15 is 0 Å².